The molecule has 0 saturated carbocycles. The van der Waals surface area contributed by atoms with Gasteiger partial charge in [0.1, 0.15) is 0 Å². The van der Waals surface area contributed by atoms with Crippen molar-refractivity contribution in [2.45, 2.75) is 6.92 Å². The van der Waals surface area contributed by atoms with E-state index in [0.29, 0.717) is 22.5 Å². The maximum absolute atomic E-state index is 13.6. The van der Waals surface area contributed by atoms with E-state index in [1.54, 1.807) is 31.2 Å². The maximum Gasteiger partial charge on any atom is 0.256 e. The summed E-state index contributed by atoms with van der Waals surface area (Å²) in [5.41, 5.74) is 7.81. The van der Waals surface area contributed by atoms with Crippen LogP contribution >= 0.6 is 0 Å². The zero-order chi connectivity index (χ0) is 14.7. The summed E-state index contributed by atoms with van der Waals surface area (Å²) in [7, 11) is 1.38. The molecule has 4 nitrogen and oxygen atoms in total. The fraction of sp³-hybridized carbons (Fsp3) is 0.133. The first kappa shape index (κ1) is 13.9. The van der Waals surface area contributed by atoms with Gasteiger partial charge in [-0.15, -0.1) is 0 Å². The predicted molar refractivity (Wildman–Crippen MR) is 76.5 cm³/mol. The van der Waals surface area contributed by atoms with E-state index >= 15 is 0 Å². The Bertz CT molecular complexity index is 656. The quantitative estimate of drug-likeness (QED) is 0.846. The Morgan fingerprint density at radius 2 is 2.05 bits per heavy atom. The minimum Gasteiger partial charge on any atom is -0.494 e. The number of nitrogens with two attached hydrogens (primary N) is 1. The van der Waals surface area contributed by atoms with E-state index in [2.05, 4.69) is 5.32 Å². The third-order valence-corrected chi connectivity index (χ3v) is 3.03. The van der Waals surface area contributed by atoms with Gasteiger partial charge in [-0.2, -0.15) is 0 Å². The molecule has 1 amide bonds. The van der Waals surface area contributed by atoms with Crippen molar-refractivity contribution in [3.8, 4) is 5.75 Å². The summed E-state index contributed by atoms with van der Waals surface area (Å²) < 4.78 is 18.4. The third kappa shape index (κ3) is 2.71. The maximum atomic E-state index is 13.6. The standard InChI is InChI=1S/C15H15FN2O2/c1-9-11(4-3-5-13(9)17)15(19)18-10-6-7-14(20-2)12(16)8-10/h3-8H,17H2,1-2H3,(H,18,19). The lowest BCUT2D eigenvalue weighted by atomic mass is 10.1. The van der Waals surface area contributed by atoms with Crippen LogP contribution in [0, 0.1) is 12.7 Å². The molecule has 0 atom stereocenters. The summed E-state index contributed by atoms with van der Waals surface area (Å²) in [6.07, 6.45) is 0. The summed E-state index contributed by atoms with van der Waals surface area (Å²) in [6.45, 7) is 1.76. The van der Waals surface area contributed by atoms with E-state index in [-0.39, 0.29) is 11.7 Å². The Morgan fingerprint density at radius 3 is 2.70 bits per heavy atom. The van der Waals surface area contributed by atoms with Gasteiger partial charge in [-0.25, -0.2) is 4.39 Å². The molecule has 20 heavy (non-hydrogen) atoms. The van der Waals surface area contributed by atoms with Crippen LogP contribution in [0.5, 0.6) is 5.75 Å². The van der Waals surface area contributed by atoms with Gasteiger partial charge in [0.05, 0.1) is 7.11 Å². The number of methoxy groups -OCH3 is 1. The summed E-state index contributed by atoms with van der Waals surface area (Å²) in [5, 5.41) is 2.63. The lowest BCUT2D eigenvalue weighted by molar-refractivity contribution is 0.102. The second-order valence-corrected chi connectivity index (χ2v) is 4.32. The summed E-state index contributed by atoms with van der Waals surface area (Å²) in [6, 6.07) is 9.32. The highest BCUT2D eigenvalue weighted by Gasteiger charge is 2.12. The Kier molecular flexibility index (Phi) is 3.89. The van der Waals surface area contributed by atoms with Crippen molar-refractivity contribution in [3.63, 3.8) is 0 Å². The van der Waals surface area contributed by atoms with Crippen LogP contribution in [0.2, 0.25) is 0 Å². The molecule has 0 aliphatic rings. The van der Waals surface area contributed by atoms with Crippen LogP contribution in [0.1, 0.15) is 15.9 Å². The molecular formula is C15H15FN2O2. The fourth-order valence-corrected chi connectivity index (χ4v) is 1.84. The molecular weight excluding hydrogens is 259 g/mol. The molecule has 0 unspecified atom stereocenters. The van der Waals surface area contributed by atoms with Crippen molar-refractivity contribution >= 4 is 17.3 Å². The molecule has 0 fully saturated rings. The van der Waals surface area contributed by atoms with E-state index in [1.807, 2.05) is 0 Å². The lowest BCUT2D eigenvalue weighted by Gasteiger charge is -2.10. The Hall–Kier alpha value is -2.56. The number of amides is 1. The zero-order valence-electron chi connectivity index (χ0n) is 11.2. The van der Waals surface area contributed by atoms with Gasteiger partial charge in [-0.05, 0) is 36.8 Å². The molecule has 0 spiro atoms. The van der Waals surface area contributed by atoms with Crippen LogP contribution in [-0.2, 0) is 0 Å². The van der Waals surface area contributed by atoms with E-state index in [0.717, 1.165) is 0 Å². The van der Waals surface area contributed by atoms with Crippen molar-refractivity contribution in [2.24, 2.45) is 0 Å². The second-order valence-electron chi connectivity index (χ2n) is 4.32. The molecule has 0 bridgehead atoms. The molecule has 2 aromatic rings. The van der Waals surface area contributed by atoms with Crippen molar-refractivity contribution in [1.82, 2.24) is 0 Å². The van der Waals surface area contributed by atoms with Crippen LogP contribution in [0.25, 0.3) is 0 Å². The van der Waals surface area contributed by atoms with Gasteiger partial charge >= 0.3 is 0 Å². The van der Waals surface area contributed by atoms with Crippen molar-refractivity contribution in [2.75, 3.05) is 18.2 Å². The van der Waals surface area contributed by atoms with Crippen LogP contribution in [-0.4, -0.2) is 13.0 Å². The first-order valence-corrected chi connectivity index (χ1v) is 6.03. The Balaban J connectivity index is 2.24. The van der Waals surface area contributed by atoms with Gasteiger partial charge in [-0.1, -0.05) is 6.07 Å². The zero-order valence-corrected chi connectivity index (χ0v) is 11.2. The minimum absolute atomic E-state index is 0.128. The lowest BCUT2D eigenvalue weighted by Crippen LogP contribution is -2.14. The Morgan fingerprint density at radius 1 is 1.30 bits per heavy atom. The molecule has 0 aliphatic heterocycles. The first-order valence-electron chi connectivity index (χ1n) is 6.03. The van der Waals surface area contributed by atoms with Crippen LogP contribution < -0.4 is 15.8 Å². The van der Waals surface area contributed by atoms with Crippen LogP contribution in [0.4, 0.5) is 15.8 Å². The predicted octanol–water partition coefficient (Wildman–Crippen LogP) is 2.98. The number of halogens is 1. The normalized spacial score (nSPS) is 10.2. The van der Waals surface area contributed by atoms with E-state index in [1.165, 1.54) is 19.2 Å². The summed E-state index contributed by atoms with van der Waals surface area (Å²) >= 11 is 0. The smallest absolute Gasteiger partial charge is 0.256 e. The average molecular weight is 274 g/mol. The average Bonchev–Trinajstić information content (AvgIpc) is 2.42. The van der Waals surface area contributed by atoms with E-state index < -0.39 is 5.82 Å². The van der Waals surface area contributed by atoms with Gasteiger partial charge in [-0.3, -0.25) is 4.79 Å². The van der Waals surface area contributed by atoms with Crippen molar-refractivity contribution in [3.05, 3.63) is 53.3 Å². The van der Waals surface area contributed by atoms with Crippen molar-refractivity contribution < 1.29 is 13.9 Å². The molecule has 0 aliphatic carbocycles. The van der Waals surface area contributed by atoms with Gasteiger partial charge in [0, 0.05) is 23.0 Å². The molecule has 0 heterocycles. The van der Waals surface area contributed by atoms with Gasteiger partial charge in [0.2, 0.25) is 0 Å². The number of hydrogen-bond donors (Lipinski definition) is 2. The fourth-order valence-electron chi connectivity index (χ4n) is 1.84. The van der Waals surface area contributed by atoms with Crippen LogP contribution in [0.15, 0.2) is 36.4 Å². The number of ether oxygens (including phenoxy) is 1. The molecule has 0 saturated heterocycles. The number of anilines is 2. The van der Waals surface area contributed by atoms with E-state index in [4.69, 9.17) is 10.5 Å². The van der Waals surface area contributed by atoms with Crippen LogP contribution in [0.3, 0.4) is 0 Å². The molecule has 2 rings (SSSR count). The Labute approximate surface area is 116 Å². The van der Waals surface area contributed by atoms with Crippen molar-refractivity contribution in [1.29, 1.82) is 0 Å². The number of hydrogen-bond acceptors (Lipinski definition) is 3. The minimum atomic E-state index is -0.533. The number of nitrogen functional groups attached to an aromatic ring is 1. The SMILES string of the molecule is COc1ccc(NC(=O)c2cccc(N)c2C)cc1F. The largest absolute Gasteiger partial charge is 0.494 e. The number of nitrogens with one attached hydrogen (secondary N) is 1. The van der Waals surface area contributed by atoms with E-state index in [9.17, 15) is 9.18 Å². The summed E-state index contributed by atoms with van der Waals surface area (Å²) in [5.74, 6) is -0.739. The highest BCUT2D eigenvalue weighted by Crippen LogP contribution is 2.22. The van der Waals surface area contributed by atoms with Gasteiger partial charge in [0.25, 0.3) is 5.91 Å². The number of carbonyl (C=O) groups is 1. The highest BCUT2D eigenvalue weighted by molar-refractivity contribution is 6.06. The second kappa shape index (κ2) is 5.61. The molecule has 0 radical (unpaired) electrons. The molecule has 5 heteroatoms. The molecule has 0 aromatic heterocycles. The number of carbonyl (C=O) groups excluding carboxylic acids is 1. The first-order chi connectivity index (χ1) is 9.52. The number of rotatable bonds is 3. The third-order valence-electron chi connectivity index (χ3n) is 3.03. The topological polar surface area (TPSA) is 64.3 Å². The highest BCUT2D eigenvalue weighted by atomic mass is 19.1. The molecule has 2 aromatic carbocycles. The van der Waals surface area contributed by atoms with Gasteiger partial charge < -0.3 is 15.8 Å². The summed E-state index contributed by atoms with van der Waals surface area (Å²) in [4.78, 5) is 12.1. The molecule has 104 valence electrons. The van der Waals surface area contributed by atoms with Gasteiger partial charge in [0.15, 0.2) is 11.6 Å². The number of benzene rings is 2. The molecule has 3 N–H and O–H groups in total. The monoisotopic (exact) mass is 274 g/mol.